The Morgan fingerprint density at radius 2 is 1.72 bits per heavy atom. The van der Waals surface area contributed by atoms with Gasteiger partial charge in [-0.15, -0.1) is 0 Å². The molecule has 0 aromatic heterocycles. The predicted molar refractivity (Wildman–Crippen MR) is 119 cm³/mol. The van der Waals surface area contributed by atoms with E-state index < -0.39 is 24.0 Å². The summed E-state index contributed by atoms with van der Waals surface area (Å²) in [6, 6.07) is 13.9. The number of imide groups is 1. The van der Waals surface area contributed by atoms with Crippen LogP contribution in [0.3, 0.4) is 0 Å². The number of amides is 5. The molecule has 2 aromatic rings. The van der Waals surface area contributed by atoms with Crippen molar-refractivity contribution < 1.29 is 19.2 Å². The molecule has 4 rings (SSSR count). The number of hydrogen-bond acceptors (Lipinski definition) is 4. The van der Waals surface area contributed by atoms with Crippen molar-refractivity contribution in [3.8, 4) is 0 Å². The van der Waals surface area contributed by atoms with Crippen LogP contribution in [0.4, 0.5) is 10.5 Å². The molecular weight excluding hydrogens is 408 g/mol. The molecule has 0 bridgehead atoms. The minimum atomic E-state index is -0.856. The Morgan fingerprint density at radius 1 is 1.03 bits per heavy atom. The highest BCUT2D eigenvalue weighted by atomic mass is 16.2. The summed E-state index contributed by atoms with van der Waals surface area (Å²) in [6.45, 7) is 1.95. The zero-order valence-corrected chi connectivity index (χ0v) is 17.9. The van der Waals surface area contributed by atoms with E-state index in [4.69, 9.17) is 0 Å². The van der Waals surface area contributed by atoms with Gasteiger partial charge in [0.05, 0.1) is 11.3 Å². The molecule has 8 heteroatoms. The highest BCUT2D eigenvalue weighted by Gasteiger charge is 2.52. The molecule has 1 saturated heterocycles. The molecule has 0 atom stereocenters. The van der Waals surface area contributed by atoms with Crippen LogP contribution in [-0.4, -0.2) is 40.7 Å². The second-order valence-electron chi connectivity index (χ2n) is 8.37. The lowest BCUT2D eigenvalue weighted by molar-refractivity contribution is -0.133. The fraction of sp³-hybridized carbons (Fsp3) is 0.333. The summed E-state index contributed by atoms with van der Waals surface area (Å²) in [5.74, 6) is -1.22. The Balaban J connectivity index is 1.39. The molecule has 3 N–H and O–H groups in total. The molecular formula is C24H26N4O4. The molecule has 2 fully saturated rings. The van der Waals surface area contributed by atoms with Gasteiger partial charge in [-0.05, 0) is 37.5 Å². The quantitative estimate of drug-likeness (QED) is 0.608. The molecule has 2 aliphatic rings. The van der Waals surface area contributed by atoms with E-state index in [1.165, 1.54) is 0 Å². The third-order valence-electron chi connectivity index (χ3n) is 6.02. The number of hydrogen-bond donors (Lipinski definition) is 3. The first kappa shape index (κ1) is 21.5. The topological polar surface area (TPSA) is 108 Å². The van der Waals surface area contributed by atoms with Crippen LogP contribution in [0.2, 0.25) is 0 Å². The Bertz CT molecular complexity index is 1060. The van der Waals surface area contributed by atoms with E-state index in [1.807, 2.05) is 31.2 Å². The first-order chi connectivity index (χ1) is 15.4. The summed E-state index contributed by atoms with van der Waals surface area (Å²) in [7, 11) is 0. The number of aryl methyl sites for hydroxylation is 1. The summed E-state index contributed by atoms with van der Waals surface area (Å²) < 4.78 is 0. The van der Waals surface area contributed by atoms with Crippen molar-refractivity contribution in [1.82, 2.24) is 15.5 Å². The molecule has 8 nitrogen and oxygen atoms in total. The van der Waals surface area contributed by atoms with Crippen molar-refractivity contribution in [3.05, 3.63) is 65.2 Å². The number of nitrogens with one attached hydrogen (secondary N) is 3. The Kier molecular flexibility index (Phi) is 5.94. The minimum absolute atomic E-state index is 0.303. The van der Waals surface area contributed by atoms with Crippen molar-refractivity contribution in [2.24, 2.45) is 0 Å². The standard InChI is InChI=1S/C24H26N4O4/c1-16-8-10-17(11-9-16)14-25-21(30)18-6-2-3-7-19(18)26-20(29)15-28-22(31)24(27-23(28)32)12-4-5-13-24/h2-3,6-11H,4-5,12-15H2,1H3,(H,25,30)(H,26,29)(H,27,32). The first-order valence-corrected chi connectivity index (χ1v) is 10.7. The number of urea groups is 1. The Hall–Kier alpha value is -3.68. The van der Waals surface area contributed by atoms with E-state index in [0.717, 1.165) is 28.9 Å². The number of benzene rings is 2. The highest BCUT2D eigenvalue weighted by Crippen LogP contribution is 2.34. The molecule has 0 unspecified atom stereocenters. The highest BCUT2D eigenvalue weighted by molar-refractivity contribution is 6.11. The number of carbonyl (C=O) groups excluding carboxylic acids is 4. The van der Waals surface area contributed by atoms with Crippen LogP contribution < -0.4 is 16.0 Å². The van der Waals surface area contributed by atoms with Crippen molar-refractivity contribution in [3.63, 3.8) is 0 Å². The average Bonchev–Trinajstić information content (AvgIpc) is 3.34. The lowest BCUT2D eigenvalue weighted by atomic mass is 9.98. The smallest absolute Gasteiger partial charge is 0.325 e. The van der Waals surface area contributed by atoms with Gasteiger partial charge >= 0.3 is 6.03 Å². The van der Waals surface area contributed by atoms with Gasteiger partial charge < -0.3 is 16.0 Å². The molecule has 0 radical (unpaired) electrons. The summed E-state index contributed by atoms with van der Waals surface area (Å²) in [5.41, 5.74) is 1.87. The zero-order chi connectivity index (χ0) is 22.7. The monoisotopic (exact) mass is 434 g/mol. The first-order valence-electron chi connectivity index (χ1n) is 10.7. The van der Waals surface area contributed by atoms with Gasteiger partial charge in [0.25, 0.3) is 11.8 Å². The lowest BCUT2D eigenvalue weighted by Crippen LogP contribution is -2.44. The van der Waals surface area contributed by atoms with Crippen LogP contribution in [0.5, 0.6) is 0 Å². The third-order valence-corrected chi connectivity index (χ3v) is 6.02. The second-order valence-corrected chi connectivity index (χ2v) is 8.37. The molecule has 5 amide bonds. The lowest BCUT2D eigenvalue weighted by Gasteiger charge is -2.20. The summed E-state index contributed by atoms with van der Waals surface area (Å²) in [6.07, 6.45) is 2.94. The van der Waals surface area contributed by atoms with Gasteiger partial charge in [0.15, 0.2) is 0 Å². The van der Waals surface area contributed by atoms with Gasteiger partial charge in [0.1, 0.15) is 12.1 Å². The maximum atomic E-state index is 12.7. The summed E-state index contributed by atoms with van der Waals surface area (Å²) in [4.78, 5) is 51.3. The van der Waals surface area contributed by atoms with Crippen molar-refractivity contribution >= 4 is 29.4 Å². The van der Waals surface area contributed by atoms with Crippen LogP contribution in [0.15, 0.2) is 48.5 Å². The normalized spacial score (nSPS) is 16.8. The van der Waals surface area contributed by atoms with Gasteiger partial charge in [-0.1, -0.05) is 54.8 Å². The van der Waals surface area contributed by atoms with Crippen LogP contribution in [0.1, 0.15) is 47.2 Å². The maximum absolute atomic E-state index is 12.7. The second kappa shape index (κ2) is 8.82. The van der Waals surface area contributed by atoms with Gasteiger partial charge in [0, 0.05) is 6.54 Å². The number of para-hydroxylation sites is 1. The molecule has 1 saturated carbocycles. The fourth-order valence-corrected chi connectivity index (χ4v) is 4.24. The van der Waals surface area contributed by atoms with E-state index in [0.29, 0.717) is 30.6 Å². The van der Waals surface area contributed by atoms with Crippen molar-refractivity contribution in [2.75, 3.05) is 11.9 Å². The Labute approximate surface area is 186 Å². The summed E-state index contributed by atoms with van der Waals surface area (Å²) in [5, 5.41) is 8.28. The van der Waals surface area contributed by atoms with Gasteiger partial charge in [-0.3, -0.25) is 19.3 Å². The Morgan fingerprint density at radius 3 is 2.44 bits per heavy atom. The summed E-state index contributed by atoms with van der Waals surface area (Å²) >= 11 is 0. The zero-order valence-electron chi connectivity index (χ0n) is 17.9. The largest absolute Gasteiger partial charge is 0.348 e. The van der Waals surface area contributed by atoms with Gasteiger partial charge in [0.2, 0.25) is 5.91 Å². The third kappa shape index (κ3) is 4.34. The fourth-order valence-electron chi connectivity index (χ4n) is 4.24. The molecule has 2 aromatic carbocycles. The van der Waals surface area contributed by atoms with E-state index in [9.17, 15) is 19.2 Å². The molecule has 1 aliphatic carbocycles. The SMILES string of the molecule is Cc1ccc(CNC(=O)c2ccccc2NC(=O)CN2C(=O)NC3(CCCC3)C2=O)cc1. The van der Waals surface area contributed by atoms with Crippen molar-refractivity contribution in [1.29, 1.82) is 0 Å². The molecule has 1 aliphatic heterocycles. The van der Waals surface area contributed by atoms with E-state index in [1.54, 1.807) is 24.3 Å². The van der Waals surface area contributed by atoms with Gasteiger partial charge in [-0.2, -0.15) is 0 Å². The van der Waals surface area contributed by atoms with E-state index in [-0.39, 0.29) is 11.8 Å². The van der Waals surface area contributed by atoms with Crippen molar-refractivity contribution in [2.45, 2.75) is 44.7 Å². The predicted octanol–water partition coefficient (Wildman–Crippen LogP) is 2.73. The van der Waals surface area contributed by atoms with E-state index >= 15 is 0 Å². The molecule has 166 valence electrons. The van der Waals surface area contributed by atoms with Gasteiger partial charge in [-0.25, -0.2) is 4.79 Å². The number of nitrogens with zero attached hydrogens (tertiary/aromatic N) is 1. The molecule has 1 spiro atoms. The molecule has 32 heavy (non-hydrogen) atoms. The van der Waals surface area contributed by atoms with Crippen LogP contribution >= 0.6 is 0 Å². The number of anilines is 1. The van der Waals surface area contributed by atoms with Crippen LogP contribution in [-0.2, 0) is 16.1 Å². The minimum Gasteiger partial charge on any atom is -0.348 e. The van der Waals surface area contributed by atoms with E-state index in [2.05, 4.69) is 16.0 Å². The maximum Gasteiger partial charge on any atom is 0.325 e. The number of rotatable bonds is 6. The average molecular weight is 434 g/mol. The van der Waals surface area contributed by atoms with Crippen LogP contribution in [0.25, 0.3) is 0 Å². The number of carbonyl (C=O) groups is 4. The van der Waals surface area contributed by atoms with Crippen LogP contribution in [0, 0.1) is 6.92 Å². The molecule has 1 heterocycles.